The maximum absolute atomic E-state index is 12.3. The lowest BCUT2D eigenvalue weighted by Crippen LogP contribution is -2.34. The Morgan fingerprint density at radius 2 is 2.16 bits per heavy atom. The molecular weight excluding hydrogens is 238 g/mol. The maximum atomic E-state index is 12.3. The number of hydrogen-bond donors (Lipinski definition) is 2. The third kappa shape index (κ3) is 3.46. The monoisotopic (exact) mass is 261 g/mol. The Bertz CT molecular complexity index is 439. The van der Waals surface area contributed by atoms with Gasteiger partial charge in [0, 0.05) is 19.3 Å². The minimum Gasteiger partial charge on any atom is -0.383 e. The fraction of sp³-hybridized carbons (Fsp3) is 0.600. The van der Waals surface area contributed by atoms with Crippen LogP contribution in [-0.2, 0) is 0 Å². The van der Waals surface area contributed by atoms with Gasteiger partial charge in [-0.3, -0.25) is 9.78 Å². The van der Waals surface area contributed by atoms with E-state index in [0.717, 1.165) is 18.8 Å². The smallest absolute Gasteiger partial charge is 0.253 e. The van der Waals surface area contributed by atoms with Gasteiger partial charge in [0.15, 0.2) is 0 Å². The summed E-state index contributed by atoms with van der Waals surface area (Å²) in [6.45, 7) is 5.82. The molecule has 0 aromatic carbocycles. The number of carbonyl (C=O) groups is 1. The van der Waals surface area contributed by atoms with Crippen LogP contribution in [0.2, 0.25) is 0 Å². The van der Waals surface area contributed by atoms with Crippen LogP contribution in [-0.4, -0.2) is 24.0 Å². The van der Waals surface area contributed by atoms with E-state index in [1.54, 1.807) is 18.5 Å². The van der Waals surface area contributed by atoms with Gasteiger partial charge < -0.3 is 10.6 Å². The Morgan fingerprint density at radius 1 is 1.42 bits per heavy atom. The van der Waals surface area contributed by atoms with Gasteiger partial charge in [-0.15, -0.1) is 0 Å². The second-order valence-corrected chi connectivity index (χ2v) is 5.65. The Kier molecular flexibility index (Phi) is 4.40. The quantitative estimate of drug-likeness (QED) is 0.857. The molecule has 2 rings (SSSR count). The van der Waals surface area contributed by atoms with Gasteiger partial charge in [-0.2, -0.15) is 0 Å². The van der Waals surface area contributed by atoms with Crippen LogP contribution in [0.1, 0.15) is 49.9 Å². The van der Waals surface area contributed by atoms with E-state index in [1.165, 1.54) is 25.7 Å². The first-order valence-electron chi connectivity index (χ1n) is 7.11. The number of anilines is 1. The van der Waals surface area contributed by atoms with Crippen molar-refractivity contribution in [1.29, 1.82) is 0 Å². The zero-order chi connectivity index (χ0) is 13.7. The maximum Gasteiger partial charge on any atom is 0.253 e. The standard InChI is InChI=1S/C15H23N3O/c1-3-17-13-10-16-9-6-12(13)14(19)18-11-15(2)7-4-5-8-15/h6,9-10,17H,3-5,7-8,11H2,1-2H3,(H,18,19). The van der Waals surface area contributed by atoms with Crippen molar-refractivity contribution < 1.29 is 4.79 Å². The molecule has 0 atom stereocenters. The van der Waals surface area contributed by atoms with Crippen molar-refractivity contribution in [2.75, 3.05) is 18.4 Å². The van der Waals surface area contributed by atoms with Crippen LogP contribution < -0.4 is 10.6 Å². The van der Waals surface area contributed by atoms with Gasteiger partial charge in [0.05, 0.1) is 17.4 Å². The van der Waals surface area contributed by atoms with Crippen LogP contribution in [0.4, 0.5) is 5.69 Å². The molecule has 4 heteroatoms. The molecule has 1 saturated carbocycles. The van der Waals surface area contributed by atoms with Crippen molar-refractivity contribution in [2.24, 2.45) is 5.41 Å². The van der Waals surface area contributed by atoms with Crippen molar-refractivity contribution in [3.05, 3.63) is 24.0 Å². The number of amides is 1. The third-order valence-electron chi connectivity index (χ3n) is 3.92. The van der Waals surface area contributed by atoms with Crippen molar-refractivity contribution in [1.82, 2.24) is 10.3 Å². The van der Waals surface area contributed by atoms with Gasteiger partial charge in [-0.1, -0.05) is 19.8 Å². The number of aromatic nitrogens is 1. The van der Waals surface area contributed by atoms with E-state index < -0.39 is 0 Å². The Morgan fingerprint density at radius 3 is 2.84 bits per heavy atom. The highest BCUT2D eigenvalue weighted by Gasteiger charge is 2.29. The number of carbonyl (C=O) groups excluding carboxylic acids is 1. The Labute approximate surface area is 115 Å². The number of hydrogen-bond acceptors (Lipinski definition) is 3. The van der Waals surface area contributed by atoms with Crippen LogP contribution in [0.5, 0.6) is 0 Å². The van der Waals surface area contributed by atoms with Gasteiger partial charge in [0.25, 0.3) is 5.91 Å². The lowest BCUT2D eigenvalue weighted by Gasteiger charge is -2.24. The first kappa shape index (κ1) is 13.8. The molecule has 1 aliphatic rings. The summed E-state index contributed by atoms with van der Waals surface area (Å²) in [5, 5.41) is 6.24. The summed E-state index contributed by atoms with van der Waals surface area (Å²) in [7, 11) is 0. The average Bonchev–Trinajstić information content (AvgIpc) is 2.85. The lowest BCUT2D eigenvalue weighted by atomic mass is 9.89. The van der Waals surface area contributed by atoms with Crippen LogP contribution in [0.15, 0.2) is 18.5 Å². The highest BCUT2D eigenvalue weighted by Crippen LogP contribution is 2.36. The third-order valence-corrected chi connectivity index (χ3v) is 3.92. The molecule has 1 aromatic heterocycles. The Hall–Kier alpha value is -1.58. The van der Waals surface area contributed by atoms with Crippen LogP contribution in [0, 0.1) is 5.41 Å². The molecule has 1 heterocycles. The molecule has 1 aliphatic carbocycles. The van der Waals surface area contributed by atoms with E-state index in [1.807, 2.05) is 6.92 Å². The van der Waals surface area contributed by atoms with Gasteiger partial charge in [0.2, 0.25) is 0 Å². The van der Waals surface area contributed by atoms with Crippen molar-refractivity contribution in [2.45, 2.75) is 39.5 Å². The van der Waals surface area contributed by atoms with E-state index in [0.29, 0.717) is 5.56 Å². The molecule has 0 aliphatic heterocycles. The molecule has 0 unspecified atom stereocenters. The normalized spacial score (nSPS) is 17.2. The van der Waals surface area contributed by atoms with Gasteiger partial charge in [0.1, 0.15) is 0 Å². The number of nitrogens with one attached hydrogen (secondary N) is 2. The van der Waals surface area contributed by atoms with E-state index in [2.05, 4.69) is 22.5 Å². The molecule has 1 amide bonds. The molecule has 0 saturated heterocycles. The number of pyridine rings is 1. The van der Waals surface area contributed by atoms with Gasteiger partial charge >= 0.3 is 0 Å². The van der Waals surface area contributed by atoms with E-state index in [-0.39, 0.29) is 11.3 Å². The summed E-state index contributed by atoms with van der Waals surface area (Å²) in [6.07, 6.45) is 8.35. The summed E-state index contributed by atoms with van der Waals surface area (Å²) in [6, 6.07) is 1.77. The highest BCUT2D eigenvalue weighted by molar-refractivity contribution is 5.99. The molecular formula is C15H23N3O. The lowest BCUT2D eigenvalue weighted by molar-refractivity contribution is 0.0935. The minimum atomic E-state index is -0.00789. The highest BCUT2D eigenvalue weighted by atomic mass is 16.1. The van der Waals surface area contributed by atoms with Gasteiger partial charge in [-0.25, -0.2) is 0 Å². The van der Waals surface area contributed by atoms with E-state index in [9.17, 15) is 4.79 Å². The summed E-state index contributed by atoms with van der Waals surface area (Å²) < 4.78 is 0. The molecule has 0 radical (unpaired) electrons. The second kappa shape index (κ2) is 6.04. The summed E-state index contributed by atoms with van der Waals surface area (Å²) >= 11 is 0. The molecule has 104 valence electrons. The van der Waals surface area contributed by atoms with Crippen LogP contribution >= 0.6 is 0 Å². The molecule has 4 nitrogen and oxygen atoms in total. The topological polar surface area (TPSA) is 54.0 Å². The summed E-state index contributed by atoms with van der Waals surface area (Å²) in [4.78, 5) is 16.3. The van der Waals surface area contributed by atoms with Crippen molar-refractivity contribution >= 4 is 11.6 Å². The average molecular weight is 261 g/mol. The zero-order valence-electron chi connectivity index (χ0n) is 11.8. The fourth-order valence-electron chi connectivity index (χ4n) is 2.72. The van der Waals surface area contributed by atoms with Crippen LogP contribution in [0.3, 0.4) is 0 Å². The first-order valence-corrected chi connectivity index (χ1v) is 7.11. The molecule has 0 spiro atoms. The fourth-order valence-corrected chi connectivity index (χ4v) is 2.72. The number of rotatable bonds is 5. The predicted octanol–water partition coefficient (Wildman–Crippen LogP) is 2.82. The van der Waals surface area contributed by atoms with Crippen molar-refractivity contribution in [3.63, 3.8) is 0 Å². The first-order chi connectivity index (χ1) is 9.14. The molecule has 1 aromatic rings. The summed E-state index contributed by atoms with van der Waals surface area (Å²) in [5.74, 6) is -0.00789. The zero-order valence-corrected chi connectivity index (χ0v) is 11.8. The molecule has 0 bridgehead atoms. The largest absolute Gasteiger partial charge is 0.383 e. The minimum absolute atomic E-state index is 0.00789. The SMILES string of the molecule is CCNc1cnccc1C(=O)NCC1(C)CCCC1. The number of nitrogens with zero attached hydrogens (tertiary/aromatic N) is 1. The van der Waals surface area contributed by atoms with E-state index >= 15 is 0 Å². The van der Waals surface area contributed by atoms with Crippen LogP contribution in [0.25, 0.3) is 0 Å². The van der Waals surface area contributed by atoms with Crippen molar-refractivity contribution in [3.8, 4) is 0 Å². The summed E-state index contributed by atoms with van der Waals surface area (Å²) in [5.41, 5.74) is 1.76. The molecule has 19 heavy (non-hydrogen) atoms. The second-order valence-electron chi connectivity index (χ2n) is 5.65. The molecule has 1 fully saturated rings. The Balaban J connectivity index is 1.99. The predicted molar refractivity (Wildman–Crippen MR) is 77.3 cm³/mol. The van der Waals surface area contributed by atoms with Gasteiger partial charge in [-0.05, 0) is 31.2 Å². The van der Waals surface area contributed by atoms with E-state index in [4.69, 9.17) is 0 Å². The molecule has 2 N–H and O–H groups in total.